The van der Waals surface area contributed by atoms with Crippen molar-refractivity contribution in [3.05, 3.63) is 82.7 Å². The van der Waals surface area contributed by atoms with Crippen LogP contribution in [0.15, 0.2) is 59.1 Å². The first kappa shape index (κ1) is 25.5. The van der Waals surface area contributed by atoms with Crippen LogP contribution in [0.4, 0.5) is 13.2 Å². The minimum atomic E-state index is -4.37. The highest BCUT2D eigenvalue weighted by molar-refractivity contribution is 5.70. The molecular formula is C26H29F3N2O3. The van der Waals surface area contributed by atoms with Crippen LogP contribution >= 0.6 is 0 Å². The molecule has 0 aliphatic rings. The zero-order chi connectivity index (χ0) is 24.8. The first-order chi connectivity index (χ1) is 16.0. The number of aryl methyl sites for hydroxylation is 1. The molecule has 0 saturated heterocycles. The van der Waals surface area contributed by atoms with Gasteiger partial charge < -0.3 is 19.7 Å². The Balaban J connectivity index is 1.52. The van der Waals surface area contributed by atoms with Crippen LogP contribution in [0.5, 0.6) is 5.75 Å². The van der Waals surface area contributed by atoms with Crippen molar-refractivity contribution in [2.24, 2.45) is 0 Å². The summed E-state index contributed by atoms with van der Waals surface area (Å²) in [6.07, 6.45) is -1.18. The first-order valence-corrected chi connectivity index (χ1v) is 10.9. The van der Waals surface area contributed by atoms with E-state index in [9.17, 15) is 18.3 Å². The van der Waals surface area contributed by atoms with Gasteiger partial charge in [0.1, 0.15) is 18.5 Å². The second-order valence-corrected chi connectivity index (χ2v) is 8.85. The van der Waals surface area contributed by atoms with Gasteiger partial charge in [-0.1, -0.05) is 41.6 Å². The van der Waals surface area contributed by atoms with Crippen molar-refractivity contribution in [1.82, 2.24) is 10.5 Å². The number of alkyl halides is 3. The second kappa shape index (κ2) is 10.9. The van der Waals surface area contributed by atoms with Crippen LogP contribution in [0.1, 0.15) is 42.0 Å². The van der Waals surface area contributed by atoms with Crippen LogP contribution < -0.4 is 10.1 Å². The molecule has 1 aromatic heterocycles. The molecule has 0 fully saturated rings. The standard InChI is InChI=1S/C26H29F3N2O3/c1-18-13-23(34-31-18)12-11-20-8-4-5-10-24(20)33-17-22(32)16-30-25(2,3)15-19-7-6-9-21(14-19)26(27,28)29/h4-14,22,30,32H,15-17H2,1-3H3. The Morgan fingerprint density at radius 3 is 2.56 bits per heavy atom. The average molecular weight is 475 g/mol. The largest absolute Gasteiger partial charge is 0.490 e. The van der Waals surface area contributed by atoms with Crippen molar-refractivity contribution in [3.63, 3.8) is 0 Å². The number of ether oxygens (including phenoxy) is 1. The summed E-state index contributed by atoms with van der Waals surface area (Å²) in [5.74, 6) is 1.23. The predicted molar refractivity (Wildman–Crippen MR) is 125 cm³/mol. The highest BCUT2D eigenvalue weighted by atomic mass is 19.4. The minimum absolute atomic E-state index is 0.0545. The number of benzene rings is 2. The molecule has 5 nitrogen and oxygen atoms in total. The molecule has 1 atom stereocenters. The number of hydrogen-bond acceptors (Lipinski definition) is 5. The fourth-order valence-corrected chi connectivity index (χ4v) is 3.45. The molecule has 1 heterocycles. The van der Waals surface area contributed by atoms with E-state index in [1.807, 2.05) is 57.2 Å². The number of rotatable bonds is 10. The van der Waals surface area contributed by atoms with Crippen LogP contribution in [-0.2, 0) is 12.6 Å². The topological polar surface area (TPSA) is 67.5 Å². The van der Waals surface area contributed by atoms with Gasteiger partial charge in [-0.3, -0.25) is 0 Å². The van der Waals surface area contributed by atoms with E-state index >= 15 is 0 Å². The molecule has 0 radical (unpaired) electrons. The van der Waals surface area contributed by atoms with Crippen molar-refractivity contribution in [2.45, 2.75) is 45.0 Å². The Labute approximate surface area is 197 Å². The van der Waals surface area contributed by atoms with Gasteiger partial charge in [0, 0.05) is 23.7 Å². The minimum Gasteiger partial charge on any atom is -0.490 e. The van der Waals surface area contributed by atoms with Crippen molar-refractivity contribution < 1.29 is 27.5 Å². The van der Waals surface area contributed by atoms with E-state index in [1.165, 1.54) is 6.07 Å². The third-order valence-electron chi connectivity index (χ3n) is 5.14. The smallest absolute Gasteiger partial charge is 0.416 e. The molecule has 34 heavy (non-hydrogen) atoms. The Hall–Kier alpha value is -3.10. The van der Waals surface area contributed by atoms with Gasteiger partial charge in [0.15, 0.2) is 5.76 Å². The molecule has 0 amide bonds. The summed E-state index contributed by atoms with van der Waals surface area (Å²) in [4.78, 5) is 0. The summed E-state index contributed by atoms with van der Waals surface area (Å²) in [5.41, 5.74) is 0.986. The Kier molecular flexibility index (Phi) is 8.17. The van der Waals surface area contributed by atoms with Crippen molar-refractivity contribution >= 4 is 12.2 Å². The van der Waals surface area contributed by atoms with E-state index in [4.69, 9.17) is 9.26 Å². The molecule has 0 saturated carbocycles. The lowest BCUT2D eigenvalue weighted by Crippen LogP contribution is -2.46. The zero-order valence-electron chi connectivity index (χ0n) is 19.4. The SMILES string of the molecule is Cc1cc(C=Cc2ccccc2OCC(O)CNC(C)(C)Cc2cccc(C(F)(F)F)c2)on1. The molecule has 2 N–H and O–H groups in total. The van der Waals surface area contributed by atoms with Gasteiger partial charge in [-0.15, -0.1) is 0 Å². The number of β-amino-alcohol motifs (C(OH)–C–C–N with tert-alkyl or cyclic N) is 1. The van der Waals surface area contributed by atoms with E-state index in [-0.39, 0.29) is 13.2 Å². The van der Waals surface area contributed by atoms with Crippen LogP contribution in [0.2, 0.25) is 0 Å². The fourth-order valence-electron chi connectivity index (χ4n) is 3.45. The molecule has 0 aliphatic carbocycles. The van der Waals surface area contributed by atoms with Crippen molar-refractivity contribution in [1.29, 1.82) is 0 Å². The maximum atomic E-state index is 13.0. The van der Waals surface area contributed by atoms with Gasteiger partial charge in [-0.05, 0) is 57.0 Å². The van der Waals surface area contributed by atoms with E-state index in [0.717, 1.165) is 23.4 Å². The Morgan fingerprint density at radius 1 is 1.09 bits per heavy atom. The van der Waals surface area contributed by atoms with Crippen LogP contribution in [0.3, 0.4) is 0 Å². The van der Waals surface area contributed by atoms with Crippen LogP contribution in [-0.4, -0.2) is 35.1 Å². The lowest BCUT2D eigenvalue weighted by molar-refractivity contribution is -0.137. The van der Waals surface area contributed by atoms with Gasteiger partial charge in [0.05, 0.1) is 11.3 Å². The molecular weight excluding hydrogens is 445 g/mol. The number of aliphatic hydroxyl groups is 1. The van der Waals surface area contributed by atoms with Gasteiger partial charge in [0.25, 0.3) is 0 Å². The maximum Gasteiger partial charge on any atom is 0.416 e. The fraction of sp³-hybridized carbons (Fsp3) is 0.346. The number of hydrogen-bond donors (Lipinski definition) is 2. The molecule has 3 aromatic rings. The predicted octanol–water partition coefficient (Wildman–Crippen LogP) is 5.52. The Bertz CT molecular complexity index is 1110. The molecule has 1 unspecified atom stereocenters. The molecule has 0 spiro atoms. The second-order valence-electron chi connectivity index (χ2n) is 8.85. The number of aliphatic hydroxyl groups excluding tert-OH is 1. The lowest BCUT2D eigenvalue weighted by Gasteiger charge is -2.28. The normalized spacial score (nSPS) is 13.4. The molecule has 3 rings (SSSR count). The summed E-state index contributed by atoms with van der Waals surface area (Å²) >= 11 is 0. The molecule has 2 aromatic carbocycles. The Morgan fingerprint density at radius 2 is 1.85 bits per heavy atom. The monoisotopic (exact) mass is 474 g/mol. The van der Waals surface area contributed by atoms with Gasteiger partial charge in [-0.2, -0.15) is 13.2 Å². The number of nitrogens with zero attached hydrogens (tertiary/aromatic N) is 1. The summed E-state index contributed by atoms with van der Waals surface area (Å²) < 4.78 is 49.9. The summed E-state index contributed by atoms with van der Waals surface area (Å²) in [6, 6.07) is 14.5. The quantitative estimate of drug-likeness (QED) is 0.405. The molecule has 8 heteroatoms. The number of nitrogens with one attached hydrogen (secondary N) is 1. The maximum absolute atomic E-state index is 13.0. The van der Waals surface area contributed by atoms with Gasteiger partial charge >= 0.3 is 6.18 Å². The van der Waals surface area contributed by atoms with E-state index in [1.54, 1.807) is 12.1 Å². The zero-order valence-corrected chi connectivity index (χ0v) is 19.4. The summed E-state index contributed by atoms with van der Waals surface area (Å²) in [6.45, 7) is 5.88. The van der Waals surface area contributed by atoms with E-state index in [0.29, 0.717) is 23.5 Å². The molecule has 0 aliphatic heterocycles. The third-order valence-corrected chi connectivity index (χ3v) is 5.14. The van der Waals surface area contributed by atoms with Crippen LogP contribution in [0, 0.1) is 6.92 Å². The summed E-state index contributed by atoms with van der Waals surface area (Å²) in [7, 11) is 0. The van der Waals surface area contributed by atoms with Crippen LogP contribution in [0.25, 0.3) is 12.2 Å². The van der Waals surface area contributed by atoms with E-state index in [2.05, 4.69) is 10.5 Å². The number of aromatic nitrogens is 1. The van der Waals surface area contributed by atoms with Crippen molar-refractivity contribution in [2.75, 3.05) is 13.2 Å². The van der Waals surface area contributed by atoms with Gasteiger partial charge in [-0.25, -0.2) is 0 Å². The van der Waals surface area contributed by atoms with Gasteiger partial charge in [0.2, 0.25) is 0 Å². The lowest BCUT2D eigenvalue weighted by atomic mass is 9.93. The molecule has 182 valence electrons. The van der Waals surface area contributed by atoms with E-state index < -0.39 is 23.4 Å². The molecule has 0 bridgehead atoms. The highest BCUT2D eigenvalue weighted by Crippen LogP contribution is 2.30. The summed E-state index contributed by atoms with van der Waals surface area (Å²) in [5, 5.41) is 17.5. The van der Waals surface area contributed by atoms with Crippen molar-refractivity contribution in [3.8, 4) is 5.75 Å². The first-order valence-electron chi connectivity index (χ1n) is 10.9. The number of para-hydroxylation sites is 1. The highest BCUT2D eigenvalue weighted by Gasteiger charge is 2.31. The third kappa shape index (κ3) is 7.74. The average Bonchev–Trinajstić information content (AvgIpc) is 3.20. The number of halogens is 3.